The van der Waals surface area contributed by atoms with Crippen molar-refractivity contribution in [2.24, 2.45) is 0 Å². The number of aromatic nitrogens is 5. The Bertz CT molecular complexity index is 1290. The number of benzene rings is 1. The molecule has 1 fully saturated rings. The zero-order valence-electron chi connectivity index (χ0n) is 17.8. The maximum absolute atomic E-state index is 12.6. The van der Waals surface area contributed by atoms with E-state index in [4.69, 9.17) is 9.15 Å². The topological polar surface area (TPSA) is 98.8 Å². The number of H-pyrrole nitrogens is 1. The van der Waals surface area contributed by atoms with Gasteiger partial charge in [0.25, 0.3) is 5.56 Å². The van der Waals surface area contributed by atoms with Crippen molar-refractivity contribution in [1.82, 2.24) is 24.7 Å². The van der Waals surface area contributed by atoms with E-state index in [1.165, 1.54) is 17.3 Å². The Morgan fingerprint density at radius 1 is 1.23 bits per heavy atom. The van der Waals surface area contributed by atoms with Crippen LogP contribution in [-0.2, 0) is 15.9 Å². The van der Waals surface area contributed by atoms with E-state index in [1.54, 1.807) is 6.20 Å². The average molecular weight is 440 g/mol. The van der Waals surface area contributed by atoms with Gasteiger partial charge in [-0.05, 0) is 36.0 Å². The quantitative estimate of drug-likeness (QED) is 0.376. The van der Waals surface area contributed by atoms with Crippen LogP contribution in [0.5, 0.6) is 0 Å². The van der Waals surface area contributed by atoms with E-state index in [2.05, 4.69) is 53.0 Å². The van der Waals surface area contributed by atoms with E-state index in [0.717, 1.165) is 23.9 Å². The summed E-state index contributed by atoms with van der Waals surface area (Å²) in [5.74, 6) is 1.08. The van der Waals surface area contributed by atoms with Crippen molar-refractivity contribution in [1.29, 1.82) is 0 Å². The van der Waals surface area contributed by atoms with Crippen LogP contribution in [0.25, 0.3) is 22.1 Å². The minimum atomic E-state index is -0.182. The number of nitrogens with zero attached hydrogens (tertiary/aromatic N) is 4. The average Bonchev–Trinajstić information content (AvgIpc) is 3.36. The molecular formula is C22H25N5O3S. The fraction of sp³-hybridized carbons (Fsp3) is 0.455. The minimum absolute atomic E-state index is 0.0499. The number of hydrogen-bond donors (Lipinski definition) is 1. The largest absolute Gasteiger partial charge is 0.440 e. The van der Waals surface area contributed by atoms with Gasteiger partial charge < -0.3 is 14.1 Å². The van der Waals surface area contributed by atoms with Crippen LogP contribution in [-0.4, -0.2) is 37.9 Å². The maximum Gasteiger partial charge on any atom is 0.262 e. The third-order valence-corrected chi connectivity index (χ3v) is 6.47. The highest BCUT2D eigenvalue weighted by Crippen LogP contribution is 2.28. The van der Waals surface area contributed by atoms with E-state index < -0.39 is 0 Å². The highest BCUT2D eigenvalue weighted by Gasteiger charge is 2.21. The molecule has 4 heterocycles. The first-order valence-electron chi connectivity index (χ1n) is 10.5. The first-order chi connectivity index (χ1) is 14.9. The molecule has 0 saturated carbocycles. The molecule has 1 saturated heterocycles. The summed E-state index contributed by atoms with van der Waals surface area (Å²) >= 11 is 1.40. The lowest BCUT2D eigenvalue weighted by Crippen LogP contribution is -2.21. The Morgan fingerprint density at radius 2 is 2.03 bits per heavy atom. The third-order valence-electron chi connectivity index (χ3n) is 5.61. The molecule has 162 valence electrons. The predicted octanol–water partition coefficient (Wildman–Crippen LogP) is 4.20. The summed E-state index contributed by atoms with van der Waals surface area (Å²) in [6.07, 6.45) is 3.33. The summed E-state index contributed by atoms with van der Waals surface area (Å²) in [6.45, 7) is 7.92. The second-order valence-electron chi connectivity index (χ2n) is 8.87. The summed E-state index contributed by atoms with van der Waals surface area (Å²) in [4.78, 5) is 24.7. The van der Waals surface area contributed by atoms with E-state index in [0.29, 0.717) is 41.0 Å². The molecule has 0 bridgehead atoms. The van der Waals surface area contributed by atoms with Gasteiger partial charge in [-0.3, -0.25) is 4.79 Å². The van der Waals surface area contributed by atoms with Crippen LogP contribution in [0.2, 0.25) is 0 Å². The molecule has 0 radical (unpaired) electrons. The van der Waals surface area contributed by atoms with Gasteiger partial charge in [0.2, 0.25) is 5.89 Å². The van der Waals surface area contributed by atoms with Crippen LogP contribution in [0.4, 0.5) is 0 Å². The third kappa shape index (κ3) is 3.99. The van der Waals surface area contributed by atoms with Crippen molar-refractivity contribution in [3.8, 4) is 0 Å². The van der Waals surface area contributed by atoms with Crippen molar-refractivity contribution in [3.05, 3.63) is 46.2 Å². The van der Waals surface area contributed by atoms with E-state index >= 15 is 0 Å². The first-order valence-corrected chi connectivity index (χ1v) is 11.4. The highest BCUT2D eigenvalue weighted by molar-refractivity contribution is 7.98. The van der Waals surface area contributed by atoms with Gasteiger partial charge in [-0.2, -0.15) is 5.10 Å². The molecule has 1 aliphatic heterocycles. The summed E-state index contributed by atoms with van der Waals surface area (Å²) in [7, 11) is 0. The van der Waals surface area contributed by atoms with Crippen LogP contribution < -0.4 is 5.56 Å². The summed E-state index contributed by atoms with van der Waals surface area (Å²) in [5.41, 5.74) is 3.30. The number of nitrogens with one attached hydrogen (secondary N) is 1. The molecule has 8 nitrogen and oxygen atoms in total. The van der Waals surface area contributed by atoms with E-state index in [9.17, 15) is 4.79 Å². The number of oxazole rings is 1. The standard InChI is InChI=1S/C22H25N5O3S/c1-22(2,3)13-4-5-17-16(10-13)24-18(30-17)12-31-21-25-19-15(20(28)26-21)11-23-27(19)14-6-8-29-9-7-14/h4-5,10-11,14H,6-9,12H2,1-3H3,(H,25,26,28). The Kier molecular flexibility index (Phi) is 5.10. The number of hydrogen-bond acceptors (Lipinski definition) is 7. The molecule has 0 spiro atoms. The van der Waals surface area contributed by atoms with Gasteiger partial charge in [-0.15, -0.1) is 0 Å². The Hall–Kier alpha value is -2.65. The molecule has 0 atom stereocenters. The first kappa shape index (κ1) is 20.3. The second kappa shape index (κ2) is 7.80. The van der Waals surface area contributed by atoms with Gasteiger partial charge in [0.05, 0.1) is 18.0 Å². The lowest BCUT2D eigenvalue weighted by Gasteiger charge is -2.22. The molecule has 9 heteroatoms. The van der Waals surface area contributed by atoms with Gasteiger partial charge >= 0.3 is 0 Å². The number of aromatic amines is 1. The molecule has 1 aliphatic rings. The number of rotatable bonds is 4. The smallest absolute Gasteiger partial charge is 0.262 e. The van der Waals surface area contributed by atoms with Gasteiger partial charge in [0.1, 0.15) is 10.9 Å². The predicted molar refractivity (Wildman–Crippen MR) is 120 cm³/mol. The minimum Gasteiger partial charge on any atom is -0.440 e. The maximum atomic E-state index is 12.6. The van der Waals surface area contributed by atoms with Gasteiger partial charge in [-0.25, -0.2) is 14.6 Å². The zero-order valence-corrected chi connectivity index (χ0v) is 18.7. The normalized spacial score (nSPS) is 15.8. The Morgan fingerprint density at radius 3 is 2.81 bits per heavy atom. The molecule has 0 unspecified atom stereocenters. The van der Waals surface area contributed by atoms with Gasteiger partial charge in [0, 0.05) is 13.2 Å². The van der Waals surface area contributed by atoms with Gasteiger partial charge in [0.15, 0.2) is 16.4 Å². The molecule has 31 heavy (non-hydrogen) atoms. The van der Waals surface area contributed by atoms with Crippen molar-refractivity contribution >= 4 is 33.9 Å². The molecular weight excluding hydrogens is 414 g/mol. The number of fused-ring (bicyclic) bond motifs is 2. The van der Waals surface area contributed by atoms with Crippen molar-refractivity contribution in [3.63, 3.8) is 0 Å². The van der Waals surface area contributed by atoms with Crippen LogP contribution in [0, 0.1) is 0 Å². The van der Waals surface area contributed by atoms with Crippen LogP contribution >= 0.6 is 11.8 Å². The number of ether oxygens (including phenoxy) is 1. The van der Waals surface area contributed by atoms with Crippen molar-refractivity contribution < 1.29 is 9.15 Å². The van der Waals surface area contributed by atoms with Crippen molar-refractivity contribution in [2.45, 2.75) is 56.0 Å². The van der Waals surface area contributed by atoms with Crippen LogP contribution in [0.3, 0.4) is 0 Å². The molecule has 0 amide bonds. The van der Waals surface area contributed by atoms with Crippen molar-refractivity contribution in [2.75, 3.05) is 13.2 Å². The Balaban J connectivity index is 1.39. The monoisotopic (exact) mass is 439 g/mol. The molecule has 1 aromatic carbocycles. The van der Waals surface area contributed by atoms with Gasteiger partial charge in [-0.1, -0.05) is 38.6 Å². The Labute approximate surface area is 183 Å². The number of thioether (sulfide) groups is 1. The highest BCUT2D eigenvalue weighted by atomic mass is 32.2. The molecule has 0 aliphatic carbocycles. The lowest BCUT2D eigenvalue weighted by atomic mass is 9.87. The molecule has 4 aromatic rings. The summed E-state index contributed by atoms with van der Waals surface area (Å²) in [6, 6.07) is 6.32. The summed E-state index contributed by atoms with van der Waals surface area (Å²) < 4.78 is 13.2. The second-order valence-corrected chi connectivity index (χ2v) is 9.83. The molecule has 5 rings (SSSR count). The van der Waals surface area contributed by atoms with Crippen LogP contribution in [0.1, 0.15) is 51.1 Å². The zero-order chi connectivity index (χ0) is 21.6. The summed E-state index contributed by atoms with van der Waals surface area (Å²) in [5, 5.41) is 5.47. The van der Waals surface area contributed by atoms with Crippen LogP contribution in [0.15, 0.2) is 38.8 Å². The fourth-order valence-corrected chi connectivity index (χ4v) is 4.51. The fourth-order valence-electron chi connectivity index (χ4n) is 3.81. The molecule has 3 aromatic heterocycles. The van der Waals surface area contributed by atoms with E-state index in [-0.39, 0.29) is 17.0 Å². The molecule has 1 N–H and O–H groups in total. The SMILES string of the molecule is CC(C)(C)c1ccc2oc(CSc3nc4c(cnn4C4CCOCC4)c(=O)[nH]3)nc2c1. The van der Waals surface area contributed by atoms with E-state index in [1.807, 2.05) is 10.7 Å². The lowest BCUT2D eigenvalue weighted by molar-refractivity contribution is 0.0673.